The van der Waals surface area contributed by atoms with Crippen molar-refractivity contribution in [2.45, 2.75) is 64.6 Å². The Kier molecular flexibility index (Phi) is 6.91. The second-order valence-corrected chi connectivity index (χ2v) is 8.83. The van der Waals surface area contributed by atoms with Gasteiger partial charge < -0.3 is 15.2 Å². The van der Waals surface area contributed by atoms with Crippen molar-refractivity contribution in [3.05, 3.63) is 52.1 Å². The van der Waals surface area contributed by atoms with Gasteiger partial charge in [0.15, 0.2) is 0 Å². The van der Waals surface area contributed by atoms with Crippen molar-refractivity contribution < 1.29 is 31.9 Å². The summed E-state index contributed by atoms with van der Waals surface area (Å²) >= 11 is 0. The number of Topliss-reactive ketones (excluding diaryl/α,β-unsaturated/α-hetero) is 1. The summed E-state index contributed by atoms with van der Waals surface area (Å²) in [5.41, 5.74) is -1.30. The molecule has 0 atom stereocenters. The van der Waals surface area contributed by atoms with Gasteiger partial charge in [-0.25, -0.2) is 4.39 Å². The quantitative estimate of drug-likeness (QED) is 0.362. The lowest BCUT2D eigenvalue weighted by molar-refractivity contribution is -0.205. The fourth-order valence-corrected chi connectivity index (χ4v) is 4.57. The Labute approximate surface area is 194 Å². The van der Waals surface area contributed by atoms with Gasteiger partial charge >= 0.3 is 6.18 Å². The first-order valence-corrected chi connectivity index (χ1v) is 11.0. The van der Waals surface area contributed by atoms with E-state index in [0.29, 0.717) is 36.2 Å². The van der Waals surface area contributed by atoms with Crippen LogP contribution in [0.25, 0.3) is 0 Å². The second kappa shape index (κ2) is 9.23. The van der Waals surface area contributed by atoms with E-state index in [1.807, 2.05) is 5.32 Å². The third-order valence-electron chi connectivity index (χ3n) is 6.60. The maximum Gasteiger partial charge on any atom is 0.411 e. The molecule has 1 fully saturated rings. The fourth-order valence-electron chi connectivity index (χ4n) is 4.57. The summed E-state index contributed by atoms with van der Waals surface area (Å²) in [5.74, 6) is -3.52. The fraction of sp³-hybridized carbons (Fsp3) is 0.458. The lowest BCUT2D eigenvalue weighted by Gasteiger charge is -2.39. The molecule has 0 radical (unpaired) electrons. The van der Waals surface area contributed by atoms with Crippen LogP contribution in [0.1, 0.15) is 69.8 Å². The van der Waals surface area contributed by atoms with Gasteiger partial charge in [-0.2, -0.15) is 13.2 Å². The zero-order valence-corrected chi connectivity index (χ0v) is 19.5. The van der Waals surface area contributed by atoms with Gasteiger partial charge in [-0.05, 0) is 62.9 Å². The summed E-state index contributed by atoms with van der Waals surface area (Å²) in [6.07, 6.45) is -4.05. The Morgan fingerprint density at radius 3 is 2.21 bits per heavy atom. The molecule has 0 bridgehead atoms. The molecular weight excluding hydrogens is 454 g/mol. The van der Waals surface area contributed by atoms with E-state index in [1.54, 1.807) is 13.8 Å². The van der Waals surface area contributed by atoms with Crippen molar-refractivity contribution in [3.8, 4) is 0 Å². The highest BCUT2D eigenvalue weighted by atomic mass is 19.4. The topological polar surface area (TPSA) is 80.2 Å². The van der Waals surface area contributed by atoms with Crippen LogP contribution < -0.4 is 10.6 Å². The highest BCUT2D eigenvalue weighted by Crippen LogP contribution is 2.41. The number of hydrogen-bond acceptors (Lipinski definition) is 3. The van der Waals surface area contributed by atoms with Crippen LogP contribution in [0.3, 0.4) is 0 Å². The molecule has 0 saturated heterocycles. The summed E-state index contributed by atoms with van der Waals surface area (Å²) in [7, 11) is 1.46. The van der Waals surface area contributed by atoms with E-state index < -0.39 is 35.1 Å². The zero-order valence-electron chi connectivity index (χ0n) is 19.5. The van der Waals surface area contributed by atoms with Gasteiger partial charge in [-0.3, -0.25) is 14.4 Å². The highest BCUT2D eigenvalue weighted by molar-refractivity contribution is 6.43. The monoisotopic (exact) mass is 481 g/mol. The number of nitrogens with zero attached hydrogens (tertiary/aromatic N) is 1. The van der Waals surface area contributed by atoms with Crippen molar-refractivity contribution in [1.29, 1.82) is 0 Å². The number of aryl methyl sites for hydroxylation is 1. The molecule has 6 nitrogen and oxygen atoms in total. The SMILES string of the molecule is Cc1cc(NC(=O)c2c(C)c(C(=O)C(=O)NC3(C(F)(F)F)CCCCC3)n(C)c2C)ccc1F. The maximum absolute atomic E-state index is 13.8. The molecule has 2 N–H and O–H groups in total. The molecule has 0 unspecified atom stereocenters. The minimum absolute atomic E-state index is 0.115. The molecule has 10 heteroatoms. The van der Waals surface area contributed by atoms with Crippen molar-refractivity contribution in [2.24, 2.45) is 7.05 Å². The van der Waals surface area contributed by atoms with Crippen LogP contribution in [0.15, 0.2) is 18.2 Å². The van der Waals surface area contributed by atoms with Crippen LogP contribution in [0.4, 0.5) is 23.2 Å². The van der Waals surface area contributed by atoms with Crippen LogP contribution in [0.5, 0.6) is 0 Å². The molecule has 1 aliphatic carbocycles. The number of amides is 2. The minimum atomic E-state index is -4.69. The van der Waals surface area contributed by atoms with Gasteiger partial charge in [-0.15, -0.1) is 0 Å². The largest absolute Gasteiger partial charge is 0.411 e. The van der Waals surface area contributed by atoms with Crippen molar-refractivity contribution >= 4 is 23.3 Å². The number of carbonyl (C=O) groups is 3. The number of hydrogen-bond donors (Lipinski definition) is 2. The van der Waals surface area contributed by atoms with Gasteiger partial charge in [0.05, 0.1) is 11.3 Å². The van der Waals surface area contributed by atoms with Gasteiger partial charge in [0.2, 0.25) is 0 Å². The standard InChI is InChI=1S/C24H27F4N3O3/c1-13-12-16(8-9-17(13)25)29-21(33)18-14(2)19(31(4)15(18)3)20(32)22(34)30-23(24(26,27)28)10-6-5-7-11-23/h8-9,12H,5-7,10-11H2,1-4H3,(H,29,33)(H,30,34). The molecule has 0 aliphatic heterocycles. The number of nitrogens with one attached hydrogen (secondary N) is 2. The highest BCUT2D eigenvalue weighted by Gasteiger charge is 2.56. The Hall–Kier alpha value is -3.17. The Morgan fingerprint density at radius 2 is 1.65 bits per heavy atom. The van der Waals surface area contributed by atoms with Gasteiger partial charge in [0.25, 0.3) is 17.6 Å². The molecule has 0 spiro atoms. The molecule has 1 heterocycles. The number of rotatable bonds is 5. The van der Waals surface area contributed by atoms with E-state index in [0.717, 1.165) is 0 Å². The van der Waals surface area contributed by atoms with Crippen molar-refractivity contribution in [3.63, 3.8) is 0 Å². The van der Waals surface area contributed by atoms with E-state index in [4.69, 9.17) is 0 Å². The zero-order chi connectivity index (χ0) is 25.4. The van der Waals surface area contributed by atoms with E-state index in [1.165, 1.54) is 36.7 Å². The first kappa shape index (κ1) is 25.5. The third kappa shape index (κ3) is 4.58. The average Bonchev–Trinajstić information content (AvgIpc) is 2.98. The number of halogens is 4. The normalized spacial score (nSPS) is 15.6. The van der Waals surface area contributed by atoms with E-state index in [-0.39, 0.29) is 29.7 Å². The average molecular weight is 481 g/mol. The molecule has 1 aromatic carbocycles. The maximum atomic E-state index is 13.8. The smallest absolute Gasteiger partial charge is 0.344 e. The number of alkyl halides is 3. The molecule has 2 amide bonds. The van der Waals surface area contributed by atoms with Gasteiger partial charge in [-0.1, -0.05) is 19.3 Å². The lowest BCUT2D eigenvalue weighted by atomic mass is 9.81. The number of aromatic nitrogens is 1. The van der Waals surface area contributed by atoms with Crippen LogP contribution in [-0.4, -0.2) is 33.9 Å². The molecule has 2 aromatic rings. The number of ketones is 1. The molecule has 1 aromatic heterocycles. The van der Waals surface area contributed by atoms with E-state index >= 15 is 0 Å². The summed E-state index contributed by atoms with van der Waals surface area (Å²) in [6, 6.07) is 4.03. The van der Waals surface area contributed by atoms with Gasteiger partial charge in [0.1, 0.15) is 11.4 Å². The Balaban J connectivity index is 1.89. The molecule has 184 valence electrons. The lowest BCUT2D eigenvalue weighted by Crippen LogP contribution is -2.61. The Bertz CT molecular complexity index is 1150. The van der Waals surface area contributed by atoms with Crippen LogP contribution in [-0.2, 0) is 11.8 Å². The van der Waals surface area contributed by atoms with Gasteiger partial charge in [0, 0.05) is 18.4 Å². The summed E-state index contributed by atoms with van der Waals surface area (Å²) in [6.45, 7) is 4.56. The molecule has 1 saturated carbocycles. The molecule has 1 aliphatic rings. The predicted molar refractivity (Wildman–Crippen MR) is 118 cm³/mol. The molecule has 3 rings (SSSR count). The summed E-state index contributed by atoms with van der Waals surface area (Å²) < 4.78 is 56.3. The van der Waals surface area contributed by atoms with E-state index in [2.05, 4.69) is 5.32 Å². The summed E-state index contributed by atoms with van der Waals surface area (Å²) in [4.78, 5) is 38.6. The first-order valence-electron chi connectivity index (χ1n) is 11.0. The van der Waals surface area contributed by atoms with Crippen molar-refractivity contribution in [2.75, 3.05) is 5.32 Å². The number of carbonyl (C=O) groups excluding carboxylic acids is 3. The second-order valence-electron chi connectivity index (χ2n) is 8.83. The van der Waals surface area contributed by atoms with Crippen molar-refractivity contribution in [1.82, 2.24) is 9.88 Å². The third-order valence-corrected chi connectivity index (χ3v) is 6.60. The number of anilines is 1. The predicted octanol–water partition coefficient (Wildman–Crippen LogP) is 4.91. The van der Waals surface area contributed by atoms with E-state index in [9.17, 15) is 31.9 Å². The minimum Gasteiger partial charge on any atom is -0.344 e. The summed E-state index contributed by atoms with van der Waals surface area (Å²) in [5, 5.41) is 4.60. The van der Waals surface area contributed by atoms with Crippen LogP contribution >= 0.6 is 0 Å². The van der Waals surface area contributed by atoms with Crippen LogP contribution in [0, 0.1) is 26.6 Å². The number of benzene rings is 1. The Morgan fingerprint density at radius 1 is 1.03 bits per heavy atom. The molecule has 34 heavy (non-hydrogen) atoms. The first-order chi connectivity index (χ1) is 15.8. The van der Waals surface area contributed by atoms with Crippen LogP contribution in [0.2, 0.25) is 0 Å². The molecular formula is C24H27F4N3O3.